The summed E-state index contributed by atoms with van der Waals surface area (Å²) in [6.07, 6.45) is 1.41. The van der Waals surface area contributed by atoms with Gasteiger partial charge in [0.25, 0.3) is 0 Å². The van der Waals surface area contributed by atoms with Gasteiger partial charge >= 0.3 is 11.7 Å². The third-order valence-electron chi connectivity index (χ3n) is 2.33. The summed E-state index contributed by atoms with van der Waals surface area (Å²) < 4.78 is 7.51. The topological polar surface area (TPSA) is 85.8 Å². The number of ether oxygens (including phenoxy) is 1. The van der Waals surface area contributed by atoms with Crippen LogP contribution >= 0.6 is 0 Å². The van der Waals surface area contributed by atoms with Crippen molar-refractivity contribution in [1.82, 2.24) is 14.2 Å². The molecular formula is C10H11N3O4. The summed E-state index contributed by atoms with van der Waals surface area (Å²) in [4.78, 5) is 22.3. The second-order valence-corrected chi connectivity index (χ2v) is 3.42. The van der Waals surface area contributed by atoms with Crippen molar-refractivity contribution in [3.8, 4) is 5.75 Å². The number of hydrogen-bond acceptors (Lipinski definition) is 4. The lowest BCUT2D eigenvalue weighted by Crippen LogP contribution is -2.22. The van der Waals surface area contributed by atoms with Crippen molar-refractivity contribution < 1.29 is 14.6 Å². The molecule has 0 saturated carbocycles. The van der Waals surface area contributed by atoms with E-state index in [0.717, 1.165) is 4.68 Å². The summed E-state index contributed by atoms with van der Waals surface area (Å²) in [5.74, 6) is -0.500. The quantitative estimate of drug-likeness (QED) is 0.807. The van der Waals surface area contributed by atoms with E-state index in [2.05, 4.69) is 5.10 Å². The summed E-state index contributed by atoms with van der Waals surface area (Å²) in [5.41, 5.74) is 0.00513. The van der Waals surface area contributed by atoms with E-state index >= 15 is 0 Å². The minimum absolute atomic E-state index is 0.0407. The number of hydrogen-bond donors (Lipinski definition) is 1. The van der Waals surface area contributed by atoms with Gasteiger partial charge in [-0.05, 0) is 12.1 Å². The number of aryl methyl sites for hydroxylation is 1. The number of nitrogens with zero attached hydrogens (tertiary/aromatic N) is 3. The zero-order valence-corrected chi connectivity index (χ0v) is 9.16. The normalized spacial score (nSPS) is 10.6. The van der Waals surface area contributed by atoms with Crippen LogP contribution in [0.25, 0.3) is 5.65 Å². The largest absolute Gasteiger partial charge is 0.493 e. The number of carbonyl (C=O) groups is 1. The number of aliphatic carboxylic acids is 1. The van der Waals surface area contributed by atoms with Crippen LogP contribution < -0.4 is 10.4 Å². The van der Waals surface area contributed by atoms with Crippen molar-refractivity contribution in [3.05, 3.63) is 28.8 Å². The fraction of sp³-hybridized carbons (Fsp3) is 0.300. The van der Waals surface area contributed by atoms with Gasteiger partial charge in [0.1, 0.15) is 0 Å². The molecule has 0 aliphatic carbocycles. The molecule has 0 saturated heterocycles. The lowest BCUT2D eigenvalue weighted by atomic mass is 10.4. The van der Waals surface area contributed by atoms with E-state index in [9.17, 15) is 9.59 Å². The Morgan fingerprint density at radius 2 is 2.35 bits per heavy atom. The van der Waals surface area contributed by atoms with Crippen LogP contribution in [0.5, 0.6) is 5.75 Å². The Hall–Kier alpha value is -2.31. The monoisotopic (exact) mass is 237 g/mol. The van der Waals surface area contributed by atoms with Crippen LogP contribution in [0.1, 0.15) is 6.42 Å². The third-order valence-corrected chi connectivity index (χ3v) is 2.33. The molecule has 0 fully saturated rings. The van der Waals surface area contributed by atoms with Crippen molar-refractivity contribution in [2.45, 2.75) is 13.0 Å². The molecule has 0 aliphatic rings. The first-order valence-electron chi connectivity index (χ1n) is 4.97. The standard InChI is InChI=1S/C10H11N3O4/c1-17-7-3-2-5-12-9(7)11-13(10(12)16)6-4-8(14)15/h2-3,5H,4,6H2,1H3,(H,14,15). The summed E-state index contributed by atoms with van der Waals surface area (Å²) >= 11 is 0. The van der Waals surface area contributed by atoms with Gasteiger partial charge in [-0.2, -0.15) is 0 Å². The molecule has 0 bridgehead atoms. The number of carboxylic acids is 1. The smallest absolute Gasteiger partial charge is 0.350 e. The molecule has 7 heteroatoms. The van der Waals surface area contributed by atoms with Crippen LogP contribution in [0.2, 0.25) is 0 Å². The summed E-state index contributed by atoms with van der Waals surface area (Å²) in [7, 11) is 1.48. The predicted octanol–water partition coefficient (Wildman–Crippen LogP) is -0.0207. The molecule has 2 heterocycles. The zero-order valence-electron chi connectivity index (χ0n) is 9.16. The minimum Gasteiger partial charge on any atom is -0.493 e. The molecule has 2 rings (SSSR count). The maximum atomic E-state index is 11.8. The van der Waals surface area contributed by atoms with E-state index in [0.29, 0.717) is 11.4 Å². The fourth-order valence-corrected chi connectivity index (χ4v) is 1.52. The second-order valence-electron chi connectivity index (χ2n) is 3.42. The van der Waals surface area contributed by atoms with Crippen molar-refractivity contribution in [2.75, 3.05) is 7.11 Å². The molecular weight excluding hydrogens is 226 g/mol. The van der Waals surface area contributed by atoms with E-state index in [1.165, 1.54) is 11.5 Å². The zero-order chi connectivity index (χ0) is 12.4. The maximum Gasteiger partial charge on any atom is 0.350 e. The van der Waals surface area contributed by atoms with Crippen LogP contribution in [0.15, 0.2) is 23.1 Å². The van der Waals surface area contributed by atoms with Gasteiger partial charge in [-0.15, -0.1) is 5.10 Å². The Kier molecular flexibility index (Phi) is 2.82. The van der Waals surface area contributed by atoms with Crippen LogP contribution in [-0.4, -0.2) is 32.4 Å². The molecule has 2 aromatic heterocycles. The Balaban J connectivity index is 2.49. The number of fused-ring (bicyclic) bond motifs is 1. The van der Waals surface area contributed by atoms with Gasteiger partial charge < -0.3 is 9.84 Å². The number of pyridine rings is 1. The molecule has 0 spiro atoms. The lowest BCUT2D eigenvalue weighted by Gasteiger charge is -1.98. The Labute approximate surface area is 95.9 Å². The van der Waals surface area contributed by atoms with Crippen LogP contribution in [0.4, 0.5) is 0 Å². The van der Waals surface area contributed by atoms with Crippen molar-refractivity contribution in [1.29, 1.82) is 0 Å². The highest BCUT2D eigenvalue weighted by atomic mass is 16.5. The van der Waals surface area contributed by atoms with Crippen LogP contribution in [0.3, 0.4) is 0 Å². The predicted molar refractivity (Wildman–Crippen MR) is 58.3 cm³/mol. The summed E-state index contributed by atoms with van der Waals surface area (Å²) in [5, 5.41) is 12.6. The van der Waals surface area contributed by atoms with Gasteiger partial charge in [0.05, 0.1) is 20.1 Å². The Morgan fingerprint density at radius 3 is 3.00 bits per heavy atom. The molecule has 0 atom stereocenters. The molecule has 2 aromatic rings. The lowest BCUT2D eigenvalue weighted by molar-refractivity contribution is -0.137. The molecule has 0 aliphatic heterocycles. The average Bonchev–Trinajstić information content (AvgIpc) is 2.64. The van der Waals surface area contributed by atoms with Gasteiger partial charge in [0.15, 0.2) is 5.75 Å². The molecule has 0 aromatic carbocycles. The summed E-state index contributed by atoms with van der Waals surface area (Å²) in [6, 6.07) is 3.35. The molecule has 0 unspecified atom stereocenters. The highest BCUT2D eigenvalue weighted by Crippen LogP contribution is 2.14. The first-order valence-corrected chi connectivity index (χ1v) is 4.97. The number of rotatable bonds is 4. The second kappa shape index (κ2) is 4.28. The van der Waals surface area contributed by atoms with E-state index in [4.69, 9.17) is 9.84 Å². The first-order chi connectivity index (χ1) is 8.13. The number of aromatic nitrogens is 3. The highest BCUT2D eigenvalue weighted by Gasteiger charge is 2.11. The Morgan fingerprint density at radius 1 is 1.59 bits per heavy atom. The maximum absolute atomic E-state index is 11.8. The molecule has 7 nitrogen and oxygen atoms in total. The van der Waals surface area contributed by atoms with Crippen LogP contribution in [-0.2, 0) is 11.3 Å². The number of methoxy groups -OCH3 is 1. The Bertz CT molecular complexity index is 614. The average molecular weight is 237 g/mol. The van der Waals surface area contributed by atoms with E-state index < -0.39 is 5.97 Å². The van der Waals surface area contributed by atoms with Gasteiger partial charge in [0.2, 0.25) is 5.65 Å². The van der Waals surface area contributed by atoms with Crippen molar-refractivity contribution in [3.63, 3.8) is 0 Å². The SMILES string of the molecule is COc1cccn2c(=O)n(CCC(=O)O)nc12. The van der Waals surface area contributed by atoms with E-state index in [1.807, 2.05) is 0 Å². The third kappa shape index (κ3) is 1.99. The van der Waals surface area contributed by atoms with Gasteiger partial charge in [-0.25, -0.2) is 13.9 Å². The van der Waals surface area contributed by atoms with Gasteiger partial charge in [0, 0.05) is 6.20 Å². The first kappa shape index (κ1) is 11.2. The van der Waals surface area contributed by atoms with E-state index in [1.54, 1.807) is 18.3 Å². The van der Waals surface area contributed by atoms with Crippen LogP contribution in [0, 0.1) is 0 Å². The van der Waals surface area contributed by atoms with Crippen molar-refractivity contribution in [2.24, 2.45) is 0 Å². The molecule has 0 radical (unpaired) electrons. The number of carboxylic acid groups (broad SMARTS) is 1. The molecule has 1 N–H and O–H groups in total. The van der Waals surface area contributed by atoms with Gasteiger partial charge in [-0.3, -0.25) is 4.79 Å². The van der Waals surface area contributed by atoms with Gasteiger partial charge in [-0.1, -0.05) is 0 Å². The molecule has 90 valence electrons. The molecule has 0 amide bonds. The summed E-state index contributed by atoms with van der Waals surface area (Å²) in [6.45, 7) is 0.0407. The van der Waals surface area contributed by atoms with Crippen molar-refractivity contribution >= 4 is 11.6 Å². The minimum atomic E-state index is -0.971. The molecule has 17 heavy (non-hydrogen) atoms. The van der Waals surface area contributed by atoms with E-state index in [-0.39, 0.29) is 18.7 Å². The highest BCUT2D eigenvalue weighted by molar-refractivity contribution is 5.66. The fourth-order valence-electron chi connectivity index (χ4n) is 1.52.